The fourth-order valence-corrected chi connectivity index (χ4v) is 3.42. The molecule has 0 bridgehead atoms. The van der Waals surface area contributed by atoms with Crippen LogP contribution in [0.3, 0.4) is 0 Å². The smallest absolute Gasteiger partial charge is 0.335 e. The summed E-state index contributed by atoms with van der Waals surface area (Å²) in [5, 5.41) is 18.7. The molecule has 154 valence electrons. The molecular formula is C28H18O4. The molecule has 32 heavy (non-hydrogen) atoms. The zero-order chi connectivity index (χ0) is 22.5. The van der Waals surface area contributed by atoms with E-state index in [1.54, 1.807) is 6.07 Å². The van der Waals surface area contributed by atoms with E-state index in [2.05, 4.69) is 11.8 Å². The second-order valence-corrected chi connectivity index (χ2v) is 7.15. The molecule has 4 heteroatoms. The molecule has 0 unspecified atom stereocenters. The van der Waals surface area contributed by atoms with Crippen LogP contribution in [0.25, 0.3) is 22.3 Å². The van der Waals surface area contributed by atoms with Crippen LogP contribution in [0.4, 0.5) is 0 Å². The lowest BCUT2D eigenvalue weighted by atomic mass is 9.97. The lowest BCUT2D eigenvalue weighted by Gasteiger charge is -2.07. The summed E-state index contributed by atoms with van der Waals surface area (Å²) in [5.74, 6) is 4.05. The van der Waals surface area contributed by atoms with Gasteiger partial charge in [0.05, 0.1) is 11.1 Å². The van der Waals surface area contributed by atoms with Crippen molar-refractivity contribution in [2.45, 2.75) is 0 Å². The highest BCUT2D eigenvalue weighted by Crippen LogP contribution is 2.25. The summed E-state index contributed by atoms with van der Waals surface area (Å²) in [7, 11) is 0. The molecule has 0 saturated carbocycles. The van der Waals surface area contributed by atoms with E-state index in [1.165, 1.54) is 12.1 Å². The molecule has 4 aromatic carbocycles. The van der Waals surface area contributed by atoms with Crippen LogP contribution in [0.5, 0.6) is 0 Å². The van der Waals surface area contributed by atoms with Gasteiger partial charge in [0.2, 0.25) is 0 Å². The van der Waals surface area contributed by atoms with Crippen LogP contribution in [0.15, 0.2) is 97.1 Å². The first-order chi connectivity index (χ1) is 15.5. The Morgan fingerprint density at radius 3 is 1.88 bits per heavy atom. The van der Waals surface area contributed by atoms with Gasteiger partial charge in [-0.2, -0.15) is 0 Å². The van der Waals surface area contributed by atoms with Gasteiger partial charge in [0, 0.05) is 11.1 Å². The lowest BCUT2D eigenvalue weighted by molar-refractivity contribution is 0.0696. The fraction of sp³-hybridized carbons (Fsp3) is 0. The van der Waals surface area contributed by atoms with Crippen molar-refractivity contribution in [2.24, 2.45) is 0 Å². The molecule has 0 aliphatic carbocycles. The number of carbonyl (C=O) groups is 2. The predicted molar refractivity (Wildman–Crippen MR) is 124 cm³/mol. The quantitative estimate of drug-likeness (QED) is 0.410. The van der Waals surface area contributed by atoms with Crippen molar-refractivity contribution in [1.82, 2.24) is 0 Å². The minimum Gasteiger partial charge on any atom is -0.478 e. The van der Waals surface area contributed by atoms with Crippen molar-refractivity contribution in [3.8, 4) is 34.1 Å². The van der Waals surface area contributed by atoms with Crippen molar-refractivity contribution in [1.29, 1.82) is 0 Å². The molecule has 0 amide bonds. The molecule has 0 heterocycles. The normalized spacial score (nSPS) is 10.1. The molecule has 0 aliphatic rings. The third-order valence-corrected chi connectivity index (χ3v) is 4.98. The number of hydrogen-bond donors (Lipinski definition) is 2. The average molecular weight is 418 g/mol. The SMILES string of the molecule is O=C(O)c1cc(C(=O)O)cc(-c2cccc(C#Cc3ccccc3-c3ccccc3)c2)c1. The van der Waals surface area contributed by atoms with Gasteiger partial charge in [-0.3, -0.25) is 0 Å². The molecule has 4 aromatic rings. The van der Waals surface area contributed by atoms with Gasteiger partial charge in [0.25, 0.3) is 0 Å². The Balaban J connectivity index is 1.73. The van der Waals surface area contributed by atoms with Gasteiger partial charge in [-0.05, 0) is 58.7 Å². The van der Waals surface area contributed by atoms with E-state index < -0.39 is 11.9 Å². The Morgan fingerprint density at radius 1 is 0.562 bits per heavy atom. The van der Waals surface area contributed by atoms with Gasteiger partial charge in [-0.1, -0.05) is 72.5 Å². The highest BCUT2D eigenvalue weighted by molar-refractivity contribution is 5.96. The Hall–Kier alpha value is -4.62. The third-order valence-electron chi connectivity index (χ3n) is 4.98. The second kappa shape index (κ2) is 9.03. The van der Waals surface area contributed by atoms with Crippen LogP contribution in [0.1, 0.15) is 31.8 Å². The van der Waals surface area contributed by atoms with E-state index in [0.717, 1.165) is 28.3 Å². The van der Waals surface area contributed by atoms with Gasteiger partial charge >= 0.3 is 11.9 Å². The van der Waals surface area contributed by atoms with Gasteiger partial charge in [-0.15, -0.1) is 0 Å². The first kappa shape index (κ1) is 20.6. The molecule has 0 aromatic heterocycles. The molecule has 0 aliphatic heterocycles. The van der Waals surface area contributed by atoms with Crippen molar-refractivity contribution < 1.29 is 19.8 Å². The summed E-state index contributed by atoms with van der Waals surface area (Å²) >= 11 is 0. The lowest BCUT2D eigenvalue weighted by Crippen LogP contribution is -2.03. The van der Waals surface area contributed by atoms with Gasteiger partial charge in [-0.25, -0.2) is 9.59 Å². The standard InChI is InChI=1S/C28H18O4/c29-27(30)24-16-23(17-25(18-24)28(31)32)22-11-6-7-19(15-22)13-14-21-10-4-5-12-26(21)20-8-2-1-3-9-20/h1-12,15-18H,(H,29,30)(H,31,32). The van der Waals surface area contributed by atoms with E-state index in [4.69, 9.17) is 0 Å². The van der Waals surface area contributed by atoms with Gasteiger partial charge < -0.3 is 10.2 Å². The third kappa shape index (κ3) is 4.58. The number of rotatable bonds is 4. The van der Waals surface area contributed by atoms with Crippen LogP contribution in [0, 0.1) is 11.8 Å². The zero-order valence-electron chi connectivity index (χ0n) is 16.9. The molecular weight excluding hydrogens is 400 g/mol. The van der Waals surface area contributed by atoms with Crippen LogP contribution < -0.4 is 0 Å². The highest BCUT2D eigenvalue weighted by Gasteiger charge is 2.12. The van der Waals surface area contributed by atoms with Crippen LogP contribution in [-0.4, -0.2) is 22.2 Å². The van der Waals surface area contributed by atoms with Crippen LogP contribution >= 0.6 is 0 Å². The monoisotopic (exact) mass is 418 g/mol. The largest absolute Gasteiger partial charge is 0.478 e. The number of carboxylic acids is 2. The zero-order valence-corrected chi connectivity index (χ0v) is 16.9. The Kier molecular flexibility index (Phi) is 5.83. The van der Waals surface area contributed by atoms with E-state index in [1.807, 2.05) is 72.8 Å². The molecule has 2 N–H and O–H groups in total. The maximum Gasteiger partial charge on any atom is 0.335 e. The van der Waals surface area contributed by atoms with E-state index >= 15 is 0 Å². The summed E-state index contributed by atoms with van der Waals surface area (Å²) in [5.41, 5.74) is 4.80. The van der Waals surface area contributed by atoms with Crippen LogP contribution in [-0.2, 0) is 0 Å². The minimum absolute atomic E-state index is 0.0758. The topological polar surface area (TPSA) is 74.6 Å². The molecule has 0 fully saturated rings. The predicted octanol–water partition coefficient (Wildman–Crippen LogP) is 5.82. The van der Waals surface area contributed by atoms with Gasteiger partial charge in [0.15, 0.2) is 0 Å². The van der Waals surface area contributed by atoms with E-state index in [-0.39, 0.29) is 11.1 Å². The molecule has 0 saturated heterocycles. The first-order valence-electron chi connectivity index (χ1n) is 9.90. The Morgan fingerprint density at radius 2 is 1.19 bits per heavy atom. The summed E-state index contributed by atoms with van der Waals surface area (Å²) in [6.45, 7) is 0. The molecule has 0 atom stereocenters. The molecule has 0 radical (unpaired) electrons. The Labute approximate surface area is 185 Å². The summed E-state index contributed by atoms with van der Waals surface area (Å²) in [6.07, 6.45) is 0. The average Bonchev–Trinajstić information content (AvgIpc) is 2.83. The number of carboxylic acid groups (broad SMARTS) is 2. The minimum atomic E-state index is -1.18. The number of hydrogen-bond acceptors (Lipinski definition) is 2. The first-order valence-corrected chi connectivity index (χ1v) is 9.90. The van der Waals surface area contributed by atoms with E-state index in [9.17, 15) is 19.8 Å². The molecule has 0 spiro atoms. The van der Waals surface area contributed by atoms with E-state index in [0.29, 0.717) is 11.1 Å². The summed E-state index contributed by atoms with van der Waals surface area (Å²) < 4.78 is 0. The van der Waals surface area contributed by atoms with Crippen LogP contribution in [0.2, 0.25) is 0 Å². The number of aromatic carboxylic acids is 2. The number of benzene rings is 4. The summed E-state index contributed by atoms with van der Waals surface area (Å²) in [4.78, 5) is 22.8. The van der Waals surface area contributed by atoms with Crippen molar-refractivity contribution >= 4 is 11.9 Å². The maximum absolute atomic E-state index is 11.4. The van der Waals surface area contributed by atoms with Crippen molar-refractivity contribution in [3.63, 3.8) is 0 Å². The fourth-order valence-electron chi connectivity index (χ4n) is 3.42. The van der Waals surface area contributed by atoms with Crippen molar-refractivity contribution in [3.05, 3.63) is 119 Å². The summed E-state index contributed by atoms with van der Waals surface area (Å²) in [6, 6.07) is 29.3. The maximum atomic E-state index is 11.4. The second-order valence-electron chi connectivity index (χ2n) is 7.15. The highest BCUT2D eigenvalue weighted by atomic mass is 16.4. The Bertz CT molecular complexity index is 1340. The van der Waals surface area contributed by atoms with Crippen molar-refractivity contribution in [2.75, 3.05) is 0 Å². The molecule has 4 rings (SSSR count). The molecule has 4 nitrogen and oxygen atoms in total. The van der Waals surface area contributed by atoms with Gasteiger partial charge in [0.1, 0.15) is 0 Å².